The Kier molecular flexibility index (Phi) is 4.93. The Labute approximate surface area is 168 Å². The fourth-order valence-corrected chi connectivity index (χ4v) is 4.04. The second-order valence-electron chi connectivity index (χ2n) is 6.44. The molecule has 3 N–H and O–H groups in total. The van der Waals surface area contributed by atoms with Gasteiger partial charge in [0.05, 0.1) is 20.8 Å². The number of thiazole rings is 1. The molecule has 0 aliphatic carbocycles. The number of carbonyl (C=O) groups excluding carboxylic acids is 2. The minimum absolute atomic E-state index is 0.0762. The monoisotopic (exact) mass is 411 g/mol. The number of benzene rings is 1. The molecule has 0 spiro atoms. The number of anilines is 2. The van der Waals surface area contributed by atoms with Crippen molar-refractivity contribution in [1.29, 1.82) is 0 Å². The summed E-state index contributed by atoms with van der Waals surface area (Å²) in [6, 6.07) is 11.1. The van der Waals surface area contributed by atoms with Crippen LogP contribution in [0.4, 0.5) is 10.8 Å². The molecule has 0 saturated carbocycles. The third-order valence-corrected chi connectivity index (χ3v) is 5.85. The molecule has 7 nitrogen and oxygen atoms in total. The molecule has 1 aromatic carbocycles. The third kappa shape index (κ3) is 3.80. The van der Waals surface area contributed by atoms with Crippen LogP contribution in [0.3, 0.4) is 0 Å². The molecule has 0 aliphatic rings. The van der Waals surface area contributed by atoms with Gasteiger partial charge in [-0.05, 0) is 35.7 Å². The molecular formula is C19H17N5O2S2. The van der Waals surface area contributed by atoms with Gasteiger partial charge in [-0.15, -0.1) is 11.3 Å². The molecule has 28 heavy (non-hydrogen) atoms. The number of hydrogen-bond acceptors (Lipinski definition) is 6. The van der Waals surface area contributed by atoms with E-state index in [9.17, 15) is 9.59 Å². The van der Waals surface area contributed by atoms with Crippen LogP contribution in [-0.2, 0) is 4.79 Å². The number of amides is 2. The number of nitrogens with one attached hydrogen (secondary N) is 3. The van der Waals surface area contributed by atoms with Crippen molar-refractivity contribution in [3.63, 3.8) is 0 Å². The average molecular weight is 412 g/mol. The molecule has 0 saturated heterocycles. The van der Waals surface area contributed by atoms with Gasteiger partial charge in [0.2, 0.25) is 5.91 Å². The first-order chi connectivity index (χ1) is 13.5. The molecule has 0 fully saturated rings. The lowest BCUT2D eigenvalue weighted by atomic mass is 10.2. The van der Waals surface area contributed by atoms with Crippen LogP contribution in [0.15, 0.2) is 41.8 Å². The standard InChI is InChI=1S/C19H17N5O2S2/c1-10(2)17(25)22-19-21-12-8-11(5-6-16(12)28-19)20-18(26)14-9-13(23-24-14)15-4-3-7-27-15/h3-10H,1-2H3,(H,20,26)(H,23,24)(H,21,22,25). The van der Waals surface area contributed by atoms with Crippen LogP contribution in [0.1, 0.15) is 24.3 Å². The molecule has 4 rings (SSSR count). The molecule has 3 aromatic heterocycles. The van der Waals surface area contributed by atoms with Gasteiger partial charge in [-0.1, -0.05) is 31.3 Å². The Hall–Kier alpha value is -3.04. The fraction of sp³-hybridized carbons (Fsp3) is 0.158. The summed E-state index contributed by atoms with van der Waals surface area (Å²) in [6.07, 6.45) is 0. The summed E-state index contributed by atoms with van der Waals surface area (Å²) >= 11 is 2.97. The second-order valence-corrected chi connectivity index (χ2v) is 8.42. The number of carbonyl (C=O) groups is 2. The molecule has 0 unspecified atom stereocenters. The first kappa shape index (κ1) is 18.3. The van der Waals surface area contributed by atoms with Crippen LogP contribution < -0.4 is 10.6 Å². The summed E-state index contributed by atoms with van der Waals surface area (Å²) in [5.74, 6) is -0.496. The number of H-pyrrole nitrogens is 1. The minimum Gasteiger partial charge on any atom is -0.321 e. The first-order valence-corrected chi connectivity index (χ1v) is 10.3. The van der Waals surface area contributed by atoms with Crippen molar-refractivity contribution >= 4 is 55.5 Å². The lowest BCUT2D eigenvalue weighted by Crippen LogP contribution is -2.17. The molecule has 9 heteroatoms. The number of fused-ring (bicyclic) bond motifs is 1. The predicted molar refractivity (Wildman–Crippen MR) is 113 cm³/mol. The van der Waals surface area contributed by atoms with Gasteiger partial charge >= 0.3 is 0 Å². The van der Waals surface area contributed by atoms with Crippen LogP contribution in [0.2, 0.25) is 0 Å². The number of rotatable bonds is 5. The molecule has 3 heterocycles. The van der Waals surface area contributed by atoms with E-state index in [2.05, 4.69) is 25.8 Å². The lowest BCUT2D eigenvalue weighted by molar-refractivity contribution is -0.118. The van der Waals surface area contributed by atoms with Crippen LogP contribution >= 0.6 is 22.7 Å². The molecule has 142 valence electrons. The molecular weight excluding hydrogens is 394 g/mol. The van der Waals surface area contributed by atoms with E-state index in [1.807, 2.05) is 37.4 Å². The quantitative estimate of drug-likeness (QED) is 0.447. The van der Waals surface area contributed by atoms with Gasteiger partial charge in [0, 0.05) is 11.6 Å². The van der Waals surface area contributed by atoms with E-state index in [0.29, 0.717) is 22.0 Å². The number of hydrogen-bond donors (Lipinski definition) is 3. The number of aromatic amines is 1. The van der Waals surface area contributed by atoms with Gasteiger partial charge in [-0.2, -0.15) is 5.10 Å². The van der Waals surface area contributed by atoms with Gasteiger partial charge in [-0.25, -0.2) is 4.98 Å². The van der Waals surface area contributed by atoms with Gasteiger partial charge in [0.1, 0.15) is 0 Å². The van der Waals surface area contributed by atoms with E-state index >= 15 is 0 Å². The van der Waals surface area contributed by atoms with Crippen LogP contribution in [-0.4, -0.2) is 27.0 Å². The zero-order valence-corrected chi connectivity index (χ0v) is 16.8. The van der Waals surface area contributed by atoms with Crippen LogP contribution in [0.5, 0.6) is 0 Å². The molecule has 4 aromatic rings. The summed E-state index contributed by atoms with van der Waals surface area (Å²) in [6.45, 7) is 3.66. The largest absolute Gasteiger partial charge is 0.321 e. The Morgan fingerprint density at radius 3 is 2.75 bits per heavy atom. The summed E-state index contributed by atoms with van der Waals surface area (Å²) < 4.78 is 0.928. The van der Waals surface area contributed by atoms with Gasteiger partial charge in [0.25, 0.3) is 5.91 Å². The highest BCUT2D eigenvalue weighted by Crippen LogP contribution is 2.29. The Bertz CT molecular complexity index is 1140. The highest BCUT2D eigenvalue weighted by molar-refractivity contribution is 7.22. The van der Waals surface area contributed by atoms with E-state index in [0.717, 1.165) is 15.3 Å². The average Bonchev–Trinajstić information content (AvgIpc) is 3.40. The fourth-order valence-electron chi connectivity index (χ4n) is 2.50. The zero-order chi connectivity index (χ0) is 19.7. The number of thiophene rings is 1. The van der Waals surface area contributed by atoms with Crippen molar-refractivity contribution in [3.8, 4) is 10.6 Å². The Morgan fingerprint density at radius 1 is 1.14 bits per heavy atom. The van der Waals surface area contributed by atoms with Crippen molar-refractivity contribution in [1.82, 2.24) is 15.2 Å². The van der Waals surface area contributed by atoms with E-state index in [1.165, 1.54) is 11.3 Å². The lowest BCUT2D eigenvalue weighted by Gasteiger charge is -2.03. The number of aromatic nitrogens is 3. The topological polar surface area (TPSA) is 99.8 Å². The van der Waals surface area contributed by atoms with E-state index in [4.69, 9.17) is 0 Å². The maximum Gasteiger partial charge on any atom is 0.276 e. The Balaban J connectivity index is 1.50. The van der Waals surface area contributed by atoms with Crippen molar-refractivity contribution < 1.29 is 9.59 Å². The highest BCUT2D eigenvalue weighted by atomic mass is 32.1. The summed E-state index contributed by atoms with van der Waals surface area (Å²) in [5, 5.41) is 15.1. The smallest absolute Gasteiger partial charge is 0.276 e. The van der Waals surface area contributed by atoms with Crippen molar-refractivity contribution in [2.45, 2.75) is 13.8 Å². The molecule has 0 atom stereocenters. The van der Waals surface area contributed by atoms with E-state index in [1.54, 1.807) is 29.5 Å². The minimum atomic E-state index is -0.304. The van der Waals surface area contributed by atoms with Gasteiger partial charge in [0.15, 0.2) is 10.8 Å². The maximum atomic E-state index is 12.5. The normalized spacial score (nSPS) is 11.1. The molecule has 0 radical (unpaired) electrons. The van der Waals surface area contributed by atoms with Crippen LogP contribution in [0, 0.1) is 5.92 Å². The molecule has 0 aliphatic heterocycles. The van der Waals surface area contributed by atoms with Gasteiger partial charge in [-0.3, -0.25) is 14.7 Å². The predicted octanol–water partition coefficient (Wildman–Crippen LogP) is 4.59. The van der Waals surface area contributed by atoms with E-state index < -0.39 is 0 Å². The molecule has 0 bridgehead atoms. The van der Waals surface area contributed by atoms with E-state index in [-0.39, 0.29) is 17.7 Å². The first-order valence-electron chi connectivity index (χ1n) is 8.61. The van der Waals surface area contributed by atoms with Crippen LogP contribution in [0.25, 0.3) is 20.8 Å². The maximum absolute atomic E-state index is 12.5. The zero-order valence-electron chi connectivity index (χ0n) is 15.1. The van der Waals surface area contributed by atoms with Crippen molar-refractivity contribution in [2.24, 2.45) is 5.92 Å². The number of nitrogens with zero attached hydrogens (tertiary/aromatic N) is 2. The summed E-state index contributed by atoms with van der Waals surface area (Å²) in [5.41, 5.74) is 2.45. The highest BCUT2D eigenvalue weighted by Gasteiger charge is 2.14. The van der Waals surface area contributed by atoms with Gasteiger partial charge < -0.3 is 10.6 Å². The SMILES string of the molecule is CC(C)C(=O)Nc1nc2cc(NC(=O)c3cc(-c4cccs4)[nH]n3)ccc2s1. The third-order valence-electron chi connectivity index (χ3n) is 4.00. The Morgan fingerprint density at radius 2 is 2.00 bits per heavy atom. The van der Waals surface area contributed by atoms with Crippen molar-refractivity contribution in [3.05, 3.63) is 47.5 Å². The summed E-state index contributed by atoms with van der Waals surface area (Å²) in [4.78, 5) is 29.8. The van der Waals surface area contributed by atoms with Crippen molar-refractivity contribution in [2.75, 3.05) is 10.6 Å². The second kappa shape index (κ2) is 7.53. The summed E-state index contributed by atoms with van der Waals surface area (Å²) in [7, 11) is 0. The molecule has 2 amide bonds.